The van der Waals surface area contributed by atoms with E-state index in [2.05, 4.69) is 44.6 Å². The molecule has 0 bridgehead atoms. The summed E-state index contributed by atoms with van der Waals surface area (Å²) in [5.41, 5.74) is 0. The normalized spacial score (nSPS) is 17.8. The van der Waals surface area contributed by atoms with E-state index in [1.165, 1.54) is 9.35 Å². The van der Waals surface area contributed by atoms with Crippen LogP contribution in [0.2, 0.25) is 0 Å². The molecular formula is C9H13BrN2S. The van der Waals surface area contributed by atoms with Crippen molar-refractivity contribution < 1.29 is 0 Å². The van der Waals surface area contributed by atoms with E-state index in [1.807, 2.05) is 11.3 Å². The average molecular weight is 261 g/mol. The molecule has 0 aliphatic carbocycles. The molecule has 0 amide bonds. The highest BCUT2D eigenvalue weighted by atomic mass is 79.9. The van der Waals surface area contributed by atoms with Crippen LogP contribution in [0.25, 0.3) is 0 Å². The highest BCUT2D eigenvalue weighted by Crippen LogP contribution is 2.24. The molecule has 1 aliphatic rings. The Balaban J connectivity index is 1.93. The third-order valence-electron chi connectivity index (χ3n) is 2.47. The first kappa shape index (κ1) is 9.65. The van der Waals surface area contributed by atoms with Gasteiger partial charge in [0.15, 0.2) is 0 Å². The van der Waals surface area contributed by atoms with Crippen molar-refractivity contribution in [1.29, 1.82) is 0 Å². The van der Waals surface area contributed by atoms with Crippen molar-refractivity contribution in [3.8, 4) is 0 Å². The van der Waals surface area contributed by atoms with Gasteiger partial charge in [-0.15, -0.1) is 11.3 Å². The molecule has 0 radical (unpaired) electrons. The number of rotatable bonds is 3. The minimum Gasteiger partial charge on any atom is -0.314 e. The second kappa shape index (κ2) is 4.09. The molecule has 72 valence electrons. The molecule has 1 N–H and O–H groups in total. The van der Waals surface area contributed by atoms with Gasteiger partial charge in [-0.05, 0) is 34.4 Å². The van der Waals surface area contributed by atoms with Crippen molar-refractivity contribution in [3.05, 3.63) is 20.8 Å². The smallest absolute Gasteiger partial charge is 0.0346 e. The van der Waals surface area contributed by atoms with Crippen LogP contribution in [0.1, 0.15) is 4.88 Å². The van der Waals surface area contributed by atoms with E-state index in [0.29, 0.717) is 0 Å². The summed E-state index contributed by atoms with van der Waals surface area (Å²) in [6.45, 7) is 3.34. The molecule has 0 saturated carbocycles. The summed E-state index contributed by atoms with van der Waals surface area (Å²) in [7, 11) is 2.19. The van der Waals surface area contributed by atoms with Crippen molar-refractivity contribution in [1.82, 2.24) is 10.2 Å². The topological polar surface area (TPSA) is 15.3 Å². The molecule has 1 aromatic heterocycles. The van der Waals surface area contributed by atoms with Crippen LogP contribution in [0.3, 0.4) is 0 Å². The first-order valence-electron chi connectivity index (χ1n) is 4.40. The van der Waals surface area contributed by atoms with Gasteiger partial charge >= 0.3 is 0 Å². The predicted molar refractivity (Wildman–Crippen MR) is 60.1 cm³/mol. The number of hydrogen-bond donors (Lipinski definition) is 1. The lowest BCUT2D eigenvalue weighted by molar-refractivity contribution is 0.174. The molecule has 2 nitrogen and oxygen atoms in total. The lowest BCUT2D eigenvalue weighted by Crippen LogP contribution is -2.55. The van der Waals surface area contributed by atoms with E-state index in [9.17, 15) is 0 Å². The van der Waals surface area contributed by atoms with Crippen LogP contribution in [0.4, 0.5) is 0 Å². The fraction of sp³-hybridized carbons (Fsp3) is 0.556. The summed E-state index contributed by atoms with van der Waals surface area (Å²) in [5, 5.41) is 5.42. The molecule has 4 heteroatoms. The van der Waals surface area contributed by atoms with Crippen molar-refractivity contribution >= 4 is 27.3 Å². The van der Waals surface area contributed by atoms with Crippen molar-refractivity contribution in [2.45, 2.75) is 12.6 Å². The Hall–Kier alpha value is 0.1000. The van der Waals surface area contributed by atoms with Crippen LogP contribution < -0.4 is 5.32 Å². The predicted octanol–water partition coefficient (Wildman–Crippen LogP) is 1.91. The minimum atomic E-state index is 0.731. The van der Waals surface area contributed by atoms with Gasteiger partial charge in [0.25, 0.3) is 0 Å². The van der Waals surface area contributed by atoms with Gasteiger partial charge < -0.3 is 5.32 Å². The highest BCUT2D eigenvalue weighted by molar-refractivity contribution is 9.10. The van der Waals surface area contributed by atoms with Gasteiger partial charge in [-0.25, -0.2) is 0 Å². The molecule has 1 fully saturated rings. The maximum Gasteiger partial charge on any atom is 0.0346 e. The number of likely N-dealkylation sites (N-methyl/N-ethyl adjacent to an activating group) is 1. The summed E-state index contributed by atoms with van der Waals surface area (Å²) >= 11 is 5.37. The second-order valence-electron chi connectivity index (χ2n) is 3.42. The summed E-state index contributed by atoms with van der Waals surface area (Å²) < 4.78 is 1.25. The monoisotopic (exact) mass is 260 g/mol. The largest absolute Gasteiger partial charge is 0.314 e. The van der Waals surface area contributed by atoms with Crippen LogP contribution in [0.15, 0.2) is 15.9 Å². The van der Waals surface area contributed by atoms with Crippen LogP contribution in [0, 0.1) is 0 Å². The van der Waals surface area contributed by atoms with E-state index in [4.69, 9.17) is 0 Å². The Kier molecular flexibility index (Phi) is 3.03. The Morgan fingerprint density at radius 3 is 2.92 bits per heavy atom. The van der Waals surface area contributed by atoms with Crippen LogP contribution in [-0.4, -0.2) is 31.1 Å². The van der Waals surface area contributed by atoms with Gasteiger partial charge in [0.05, 0.1) is 0 Å². The average Bonchev–Trinajstić information content (AvgIpc) is 2.32. The molecule has 1 saturated heterocycles. The molecule has 1 aliphatic heterocycles. The lowest BCUT2D eigenvalue weighted by atomic mass is 10.1. The van der Waals surface area contributed by atoms with Crippen LogP contribution in [-0.2, 0) is 6.54 Å². The van der Waals surface area contributed by atoms with Crippen LogP contribution in [0.5, 0.6) is 0 Å². The summed E-state index contributed by atoms with van der Waals surface area (Å²) in [6.07, 6.45) is 0. The van der Waals surface area contributed by atoms with Crippen molar-refractivity contribution in [2.75, 3.05) is 20.1 Å². The molecule has 0 atom stereocenters. The molecular weight excluding hydrogens is 248 g/mol. The minimum absolute atomic E-state index is 0.731. The van der Waals surface area contributed by atoms with E-state index in [-0.39, 0.29) is 0 Å². The maximum absolute atomic E-state index is 3.55. The third kappa shape index (κ3) is 2.13. The van der Waals surface area contributed by atoms with Gasteiger partial charge in [-0.3, -0.25) is 4.90 Å². The lowest BCUT2D eigenvalue weighted by Gasteiger charge is -2.35. The zero-order valence-corrected chi connectivity index (χ0v) is 9.99. The van der Waals surface area contributed by atoms with Crippen molar-refractivity contribution in [3.63, 3.8) is 0 Å². The fourth-order valence-corrected chi connectivity index (χ4v) is 2.92. The molecule has 1 aromatic rings. The summed E-state index contributed by atoms with van der Waals surface area (Å²) in [4.78, 5) is 3.84. The van der Waals surface area contributed by atoms with Gasteiger partial charge in [0.2, 0.25) is 0 Å². The molecule has 0 aromatic carbocycles. The molecule has 0 spiro atoms. The van der Waals surface area contributed by atoms with Crippen molar-refractivity contribution in [2.24, 2.45) is 0 Å². The number of nitrogens with one attached hydrogen (secondary N) is 1. The number of thiophene rings is 1. The first-order valence-corrected chi connectivity index (χ1v) is 6.07. The van der Waals surface area contributed by atoms with Gasteiger partial charge in [0.1, 0.15) is 0 Å². The standard InChI is InChI=1S/C9H13BrN2S/c1-12(7-4-11-5-7)6-9-8(10)2-3-13-9/h2-3,7,11H,4-6H2,1H3. The van der Waals surface area contributed by atoms with Gasteiger partial charge in [0, 0.05) is 35.0 Å². The Bertz CT molecular complexity index is 283. The van der Waals surface area contributed by atoms with E-state index >= 15 is 0 Å². The molecule has 2 heterocycles. The molecule has 0 unspecified atom stereocenters. The SMILES string of the molecule is CN(Cc1sccc1Br)C1CNC1. The summed E-state index contributed by atoms with van der Waals surface area (Å²) in [5.74, 6) is 0. The van der Waals surface area contributed by atoms with E-state index in [1.54, 1.807) is 0 Å². The Labute approximate surface area is 91.1 Å². The first-order chi connectivity index (χ1) is 6.27. The maximum atomic E-state index is 3.55. The fourth-order valence-electron chi connectivity index (χ4n) is 1.38. The second-order valence-corrected chi connectivity index (χ2v) is 5.27. The number of halogens is 1. The zero-order chi connectivity index (χ0) is 9.26. The highest BCUT2D eigenvalue weighted by Gasteiger charge is 2.21. The van der Waals surface area contributed by atoms with Gasteiger partial charge in [-0.2, -0.15) is 0 Å². The molecule has 13 heavy (non-hydrogen) atoms. The molecule has 2 rings (SSSR count). The van der Waals surface area contributed by atoms with E-state index in [0.717, 1.165) is 25.7 Å². The quantitative estimate of drug-likeness (QED) is 0.894. The Morgan fingerprint density at radius 1 is 1.69 bits per heavy atom. The van der Waals surface area contributed by atoms with Gasteiger partial charge in [-0.1, -0.05) is 0 Å². The third-order valence-corrected chi connectivity index (χ3v) is 4.38. The zero-order valence-electron chi connectivity index (χ0n) is 7.59. The summed E-state index contributed by atoms with van der Waals surface area (Å²) in [6, 6.07) is 2.85. The Morgan fingerprint density at radius 2 is 2.46 bits per heavy atom. The number of nitrogens with zero attached hydrogens (tertiary/aromatic N) is 1. The van der Waals surface area contributed by atoms with E-state index < -0.39 is 0 Å². The van der Waals surface area contributed by atoms with Crippen LogP contribution >= 0.6 is 27.3 Å². The number of hydrogen-bond acceptors (Lipinski definition) is 3.